The molecule has 0 unspecified atom stereocenters. The largest absolute Gasteiger partial charge is 0.474 e. The van der Waals surface area contributed by atoms with Crippen LogP contribution in [0.1, 0.15) is 20.8 Å². The van der Waals surface area contributed by atoms with E-state index in [9.17, 15) is 0 Å². The van der Waals surface area contributed by atoms with E-state index >= 15 is 0 Å². The van der Waals surface area contributed by atoms with Gasteiger partial charge in [0.1, 0.15) is 6.61 Å². The third-order valence-electron chi connectivity index (χ3n) is 2.98. The molecule has 0 atom stereocenters. The van der Waals surface area contributed by atoms with Crippen molar-refractivity contribution in [2.24, 2.45) is 0 Å². The molecule has 0 radical (unpaired) electrons. The topological polar surface area (TPSA) is 18.5 Å². The second-order valence-electron chi connectivity index (χ2n) is 5.31. The van der Waals surface area contributed by atoms with Crippen LogP contribution in [0.5, 0.6) is 0 Å². The fourth-order valence-electron chi connectivity index (χ4n) is 0.784. The zero-order chi connectivity index (χ0) is 13.5. The fraction of sp³-hybridized carbons (Fsp3) is 0.750. The van der Waals surface area contributed by atoms with Crippen LogP contribution in [0.4, 0.5) is 0 Å². The minimum absolute atomic E-state index is 0.262. The van der Waals surface area contributed by atoms with Gasteiger partial charge in [-0.15, -0.1) is 0 Å². The molecule has 0 fully saturated rings. The summed E-state index contributed by atoms with van der Waals surface area (Å²) in [5, 5.41) is 0.262. The first-order chi connectivity index (χ1) is 7.70. The standard InChI is InChI=1S/C12H24O2S2Si/c1-12(2,3)17(5,6)14-10-8-7-9-13-11(15)16-4/h7-8H,9-10H2,1-6H3. The average molecular weight is 293 g/mol. The van der Waals surface area contributed by atoms with E-state index in [4.69, 9.17) is 21.4 Å². The zero-order valence-electron chi connectivity index (χ0n) is 11.7. The average Bonchev–Trinajstić information content (AvgIpc) is 2.21. The molecule has 0 aliphatic carbocycles. The van der Waals surface area contributed by atoms with Gasteiger partial charge < -0.3 is 9.16 Å². The van der Waals surface area contributed by atoms with Crippen LogP contribution >= 0.6 is 24.0 Å². The lowest BCUT2D eigenvalue weighted by Crippen LogP contribution is -2.40. The Bertz CT molecular complexity index is 270. The van der Waals surface area contributed by atoms with E-state index in [1.54, 1.807) is 0 Å². The molecule has 100 valence electrons. The highest BCUT2D eigenvalue weighted by Gasteiger charge is 2.36. The maximum absolute atomic E-state index is 5.99. The van der Waals surface area contributed by atoms with Crippen molar-refractivity contribution < 1.29 is 9.16 Å². The molecule has 0 saturated carbocycles. The zero-order valence-corrected chi connectivity index (χ0v) is 14.3. The second-order valence-corrected chi connectivity index (χ2v) is 11.5. The molecule has 0 amide bonds. The summed E-state index contributed by atoms with van der Waals surface area (Å²) in [7, 11) is -1.62. The van der Waals surface area contributed by atoms with E-state index in [0.29, 0.717) is 17.6 Å². The van der Waals surface area contributed by atoms with Crippen molar-refractivity contribution in [3.8, 4) is 0 Å². The molecule has 0 aromatic carbocycles. The summed E-state index contributed by atoms with van der Waals surface area (Å²) in [6.07, 6.45) is 5.87. The third-order valence-corrected chi connectivity index (χ3v) is 8.55. The maximum atomic E-state index is 5.99. The van der Waals surface area contributed by atoms with E-state index in [2.05, 4.69) is 33.9 Å². The van der Waals surface area contributed by atoms with Gasteiger partial charge in [0, 0.05) is 0 Å². The molecule has 0 bridgehead atoms. The van der Waals surface area contributed by atoms with Crippen LogP contribution in [-0.2, 0) is 9.16 Å². The van der Waals surface area contributed by atoms with Gasteiger partial charge in [0.05, 0.1) is 6.61 Å². The predicted molar refractivity (Wildman–Crippen MR) is 84.4 cm³/mol. The van der Waals surface area contributed by atoms with E-state index in [1.807, 2.05) is 18.4 Å². The van der Waals surface area contributed by atoms with Gasteiger partial charge >= 0.3 is 0 Å². The molecule has 0 heterocycles. The number of hydrogen-bond acceptors (Lipinski definition) is 4. The Morgan fingerprint density at radius 2 is 1.76 bits per heavy atom. The Hall–Kier alpha value is 0.157. The monoisotopic (exact) mass is 292 g/mol. The summed E-state index contributed by atoms with van der Waals surface area (Å²) < 4.78 is 11.8. The Labute approximate surface area is 116 Å². The fourth-order valence-corrected chi connectivity index (χ4v) is 1.98. The molecule has 0 spiro atoms. The lowest BCUT2D eigenvalue weighted by Gasteiger charge is -2.35. The summed E-state index contributed by atoms with van der Waals surface area (Å²) >= 11 is 6.37. The van der Waals surface area contributed by atoms with Crippen LogP contribution in [0.25, 0.3) is 0 Å². The first-order valence-electron chi connectivity index (χ1n) is 5.70. The molecule has 0 aromatic rings. The molecular formula is C12H24O2S2Si. The molecule has 5 heteroatoms. The van der Waals surface area contributed by atoms with Crippen molar-refractivity contribution in [3.05, 3.63) is 12.2 Å². The van der Waals surface area contributed by atoms with Gasteiger partial charge in [0.2, 0.25) is 4.38 Å². The molecule has 0 aliphatic heterocycles. The van der Waals surface area contributed by atoms with Crippen molar-refractivity contribution in [1.82, 2.24) is 0 Å². The van der Waals surface area contributed by atoms with Gasteiger partial charge in [-0.05, 0) is 42.7 Å². The number of thioether (sulfide) groups is 1. The van der Waals surface area contributed by atoms with Gasteiger partial charge in [-0.3, -0.25) is 0 Å². The van der Waals surface area contributed by atoms with Crippen molar-refractivity contribution >= 4 is 36.7 Å². The smallest absolute Gasteiger partial charge is 0.220 e. The van der Waals surface area contributed by atoms with Gasteiger partial charge in [-0.2, -0.15) is 0 Å². The molecular weight excluding hydrogens is 268 g/mol. The number of rotatable bonds is 5. The highest BCUT2D eigenvalue weighted by atomic mass is 32.2. The van der Waals surface area contributed by atoms with E-state index in [-0.39, 0.29) is 5.04 Å². The first kappa shape index (κ1) is 17.2. The van der Waals surface area contributed by atoms with E-state index in [1.165, 1.54) is 11.8 Å². The minimum atomic E-state index is -1.62. The van der Waals surface area contributed by atoms with Crippen LogP contribution in [0.2, 0.25) is 18.1 Å². The lowest BCUT2D eigenvalue weighted by molar-refractivity contribution is 0.325. The molecule has 0 aromatic heterocycles. The number of thiocarbonyl (C=S) groups is 1. The van der Waals surface area contributed by atoms with Crippen LogP contribution in [0.3, 0.4) is 0 Å². The third kappa shape index (κ3) is 7.23. The Kier molecular flexibility index (Phi) is 7.63. The molecule has 17 heavy (non-hydrogen) atoms. The summed E-state index contributed by atoms with van der Waals surface area (Å²) in [6, 6.07) is 0. The van der Waals surface area contributed by atoms with Crippen LogP contribution < -0.4 is 0 Å². The SMILES string of the molecule is CSC(=S)OCC=CCO[Si](C)(C)C(C)(C)C. The van der Waals surface area contributed by atoms with Crippen molar-refractivity contribution in [2.75, 3.05) is 19.5 Å². The molecule has 2 nitrogen and oxygen atoms in total. The highest BCUT2D eigenvalue weighted by molar-refractivity contribution is 8.22. The van der Waals surface area contributed by atoms with Crippen molar-refractivity contribution in [3.63, 3.8) is 0 Å². The highest BCUT2D eigenvalue weighted by Crippen LogP contribution is 2.36. The Morgan fingerprint density at radius 3 is 2.24 bits per heavy atom. The second kappa shape index (κ2) is 7.56. The lowest BCUT2D eigenvalue weighted by atomic mass is 10.2. The summed E-state index contributed by atoms with van der Waals surface area (Å²) in [5.74, 6) is 0. The molecule has 0 aliphatic rings. The van der Waals surface area contributed by atoms with Crippen LogP contribution in [0.15, 0.2) is 12.2 Å². The molecule has 0 rings (SSSR count). The van der Waals surface area contributed by atoms with Gasteiger partial charge in [0.15, 0.2) is 8.32 Å². The van der Waals surface area contributed by atoms with E-state index < -0.39 is 8.32 Å². The molecule has 0 N–H and O–H groups in total. The Morgan fingerprint density at radius 1 is 1.24 bits per heavy atom. The van der Waals surface area contributed by atoms with Gasteiger partial charge in [-0.1, -0.05) is 38.6 Å². The summed E-state index contributed by atoms with van der Waals surface area (Å²) in [4.78, 5) is 0. The summed E-state index contributed by atoms with van der Waals surface area (Å²) in [6.45, 7) is 12.4. The van der Waals surface area contributed by atoms with Crippen LogP contribution in [-0.4, -0.2) is 32.2 Å². The van der Waals surface area contributed by atoms with E-state index in [0.717, 1.165) is 0 Å². The Balaban J connectivity index is 3.84. The predicted octanol–water partition coefficient (Wildman–Crippen LogP) is 4.23. The maximum Gasteiger partial charge on any atom is 0.220 e. The number of ether oxygens (including phenoxy) is 1. The van der Waals surface area contributed by atoms with Gasteiger partial charge in [-0.25, -0.2) is 0 Å². The summed E-state index contributed by atoms with van der Waals surface area (Å²) in [5.41, 5.74) is 0. The van der Waals surface area contributed by atoms with Crippen molar-refractivity contribution in [1.29, 1.82) is 0 Å². The van der Waals surface area contributed by atoms with Crippen LogP contribution in [0, 0.1) is 0 Å². The first-order valence-corrected chi connectivity index (χ1v) is 10.2. The quantitative estimate of drug-likeness (QED) is 0.429. The van der Waals surface area contributed by atoms with Gasteiger partial charge in [0.25, 0.3) is 0 Å². The molecule has 0 saturated heterocycles. The normalized spacial score (nSPS) is 13.1. The van der Waals surface area contributed by atoms with Crippen molar-refractivity contribution in [2.45, 2.75) is 38.9 Å². The minimum Gasteiger partial charge on any atom is -0.474 e. The number of hydrogen-bond donors (Lipinski definition) is 0.